The fraction of sp³-hybridized carbons (Fsp3) is 0.333. The van der Waals surface area contributed by atoms with Gasteiger partial charge in [0.15, 0.2) is 0 Å². The molecule has 10 heteroatoms. The molecule has 2 aliphatic rings. The first-order valence-electron chi connectivity index (χ1n) is 12.2. The lowest BCUT2D eigenvalue weighted by Gasteiger charge is -2.34. The average Bonchev–Trinajstić information content (AvgIpc) is 3.24. The van der Waals surface area contributed by atoms with Crippen molar-refractivity contribution in [1.82, 2.24) is 19.7 Å². The van der Waals surface area contributed by atoms with Crippen LogP contribution in [0.3, 0.4) is 0 Å². The number of nitrogens with one attached hydrogen (secondary N) is 1. The van der Waals surface area contributed by atoms with Gasteiger partial charge in [-0.15, -0.1) is 0 Å². The molecular weight excluding hydrogens is 561 g/mol. The lowest BCUT2D eigenvalue weighted by atomic mass is 9.93. The minimum Gasteiger partial charge on any atom is -0.330 e. The van der Waals surface area contributed by atoms with E-state index >= 15 is 0 Å². The van der Waals surface area contributed by atoms with Crippen LogP contribution in [0.25, 0.3) is 16.8 Å². The Kier molecular flexibility index (Phi) is 7.18. The molecule has 2 aliphatic heterocycles. The van der Waals surface area contributed by atoms with E-state index in [-0.39, 0.29) is 28.8 Å². The SMILES string of the molecule is CC1CCCC(N2CCC(c3c(Br)ccc(Cl)c3F)=CC2=O)c2cc(ccn2)-c2c(cnn2C)NC1=O. The number of hydrogen-bond acceptors (Lipinski definition) is 4. The highest BCUT2D eigenvalue weighted by Gasteiger charge is 2.31. The Hall–Kier alpha value is -3.04. The standard InChI is InChI=1S/C27H26BrClFN5O2/c1-15-4-3-5-22(20-12-17(8-10-31-20)26-21(33-27(15)37)14-32-34(26)2)35-11-9-16(13-23(35)36)24-18(28)6-7-19(29)25(24)30/h6-8,10,12-15,22H,3-5,9,11H2,1-2H3,(H,33,37). The van der Waals surface area contributed by atoms with E-state index in [0.29, 0.717) is 47.1 Å². The van der Waals surface area contributed by atoms with Crippen molar-refractivity contribution in [3.8, 4) is 11.3 Å². The van der Waals surface area contributed by atoms with E-state index < -0.39 is 5.82 Å². The van der Waals surface area contributed by atoms with Crippen LogP contribution >= 0.6 is 27.5 Å². The molecule has 2 amide bonds. The van der Waals surface area contributed by atoms with Gasteiger partial charge in [0.05, 0.1) is 34.3 Å². The van der Waals surface area contributed by atoms with Crippen molar-refractivity contribution in [2.75, 3.05) is 11.9 Å². The van der Waals surface area contributed by atoms with Crippen molar-refractivity contribution < 1.29 is 14.0 Å². The van der Waals surface area contributed by atoms with Crippen molar-refractivity contribution in [2.24, 2.45) is 13.0 Å². The Balaban J connectivity index is 1.53. The minimum absolute atomic E-state index is 0.0157. The molecule has 4 heterocycles. The molecule has 0 saturated heterocycles. The highest BCUT2D eigenvalue weighted by atomic mass is 79.9. The third-order valence-corrected chi connectivity index (χ3v) is 8.05. The van der Waals surface area contributed by atoms with Crippen LogP contribution in [0, 0.1) is 11.7 Å². The summed E-state index contributed by atoms with van der Waals surface area (Å²) in [4.78, 5) is 32.7. The molecule has 2 unspecified atom stereocenters. The number of fused-ring (bicyclic) bond motifs is 4. The van der Waals surface area contributed by atoms with Crippen LogP contribution in [0.1, 0.15) is 49.9 Å². The summed E-state index contributed by atoms with van der Waals surface area (Å²) >= 11 is 9.42. The predicted octanol–water partition coefficient (Wildman–Crippen LogP) is 6.15. The first-order valence-corrected chi connectivity index (χ1v) is 13.4. The average molecular weight is 587 g/mol. The summed E-state index contributed by atoms with van der Waals surface area (Å²) in [7, 11) is 1.82. The molecule has 0 radical (unpaired) electrons. The van der Waals surface area contributed by atoms with Gasteiger partial charge in [-0.1, -0.05) is 40.9 Å². The highest BCUT2D eigenvalue weighted by Crippen LogP contribution is 2.38. The van der Waals surface area contributed by atoms with Crippen molar-refractivity contribution in [3.05, 3.63) is 69.3 Å². The molecule has 2 atom stereocenters. The van der Waals surface area contributed by atoms with Crippen LogP contribution in [0.2, 0.25) is 5.02 Å². The second-order valence-electron chi connectivity index (χ2n) is 9.51. The van der Waals surface area contributed by atoms with Gasteiger partial charge in [0, 0.05) is 47.4 Å². The number of anilines is 1. The number of halogens is 3. The third kappa shape index (κ3) is 4.94. The van der Waals surface area contributed by atoms with E-state index in [9.17, 15) is 14.0 Å². The maximum absolute atomic E-state index is 14.8. The van der Waals surface area contributed by atoms with Gasteiger partial charge in [-0.25, -0.2) is 4.39 Å². The number of carbonyl (C=O) groups is 2. The molecule has 0 aliphatic carbocycles. The molecule has 3 aromatic rings. The van der Waals surface area contributed by atoms with Crippen molar-refractivity contribution >= 4 is 50.6 Å². The molecule has 7 nitrogen and oxygen atoms in total. The van der Waals surface area contributed by atoms with E-state index in [1.807, 2.05) is 26.1 Å². The van der Waals surface area contributed by atoms with Crippen LogP contribution in [0.5, 0.6) is 0 Å². The Morgan fingerprint density at radius 1 is 1.22 bits per heavy atom. The largest absolute Gasteiger partial charge is 0.330 e. The van der Waals surface area contributed by atoms with Crippen molar-refractivity contribution in [1.29, 1.82) is 0 Å². The van der Waals surface area contributed by atoms with Crippen LogP contribution in [0.4, 0.5) is 10.1 Å². The van der Waals surface area contributed by atoms with E-state index in [0.717, 1.165) is 23.4 Å². The summed E-state index contributed by atoms with van der Waals surface area (Å²) in [6.07, 6.45) is 7.40. The summed E-state index contributed by atoms with van der Waals surface area (Å²) in [5.41, 5.74) is 3.96. The van der Waals surface area contributed by atoms with Gasteiger partial charge in [-0.05, 0) is 49.1 Å². The zero-order chi connectivity index (χ0) is 26.3. The number of hydrogen-bond donors (Lipinski definition) is 1. The summed E-state index contributed by atoms with van der Waals surface area (Å²) in [6.45, 7) is 2.31. The van der Waals surface area contributed by atoms with Crippen LogP contribution < -0.4 is 5.32 Å². The molecule has 1 aromatic carbocycles. The van der Waals surface area contributed by atoms with E-state index in [4.69, 9.17) is 11.6 Å². The van der Waals surface area contributed by atoms with Gasteiger partial charge in [-0.2, -0.15) is 5.10 Å². The molecule has 37 heavy (non-hydrogen) atoms. The van der Waals surface area contributed by atoms with E-state index in [1.165, 1.54) is 12.1 Å². The minimum atomic E-state index is -0.539. The van der Waals surface area contributed by atoms with Crippen LogP contribution in [0.15, 0.2) is 47.2 Å². The molecule has 5 rings (SSSR count). The summed E-state index contributed by atoms with van der Waals surface area (Å²) in [5, 5.41) is 7.38. The van der Waals surface area contributed by atoms with E-state index in [2.05, 4.69) is 31.3 Å². The lowest BCUT2D eigenvalue weighted by Crippen LogP contribution is -2.38. The maximum Gasteiger partial charge on any atom is 0.247 e. The first-order chi connectivity index (χ1) is 17.7. The molecule has 2 bridgehead atoms. The monoisotopic (exact) mass is 585 g/mol. The summed E-state index contributed by atoms with van der Waals surface area (Å²) in [5.74, 6) is -1.01. The molecule has 192 valence electrons. The number of nitrogens with zero attached hydrogens (tertiary/aromatic N) is 4. The second-order valence-corrected chi connectivity index (χ2v) is 10.8. The van der Waals surface area contributed by atoms with Crippen LogP contribution in [-0.4, -0.2) is 38.0 Å². The normalized spacial score (nSPS) is 20.5. The number of carbonyl (C=O) groups excluding carboxylic acids is 2. The first kappa shape index (κ1) is 25.6. The number of aryl methyl sites for hydroxylation is 1. The zero-order valence-electron chi connectivity index (χ0n) is 20.5. The van der Waals surface area contributed by atoms with Gasteiger partial charge in [0.2, 0.25) is 11.8 Å². The van der Waals surface area contributed by atoms with Crippen molar-refractivity contribution in [2.45, 2.75) is 38.6 Å². The van der Waals surface area contributed by atoms with Gasteiger partial charge >= 0.3 is 0 Å². The van der Waals surface area contributed by atoms with Gasteiger partial charge in [0.25, 0.3) is 0 Å². The molecular formula is C27H26BrClFN5O2. The zero-order valence-corrected chi connectivity index (χ0v) is 22.8. The summed E-state index contributed by atoms with van der Waals surface area (Å²) in [6, 6.07) is 6.72. The third-order valence-electron chi connectivity index (χ3n) is 7.10. The number of amides is 2. The number of aromatic nitrogens is 3. The number of pyridine rings is 1. The smallest absolute Gasteiger partial charge is 0.247 e. The van der Waals surface area contributed by atoms with Crippen LogP contribution in [-0.2, 0) is 16.6 Å². The molecule has 0 spiro atoms. The lowest BCUT2D eigenvalue weighted by molar-refractivity contribution is -0.129. The van der Waals surface area contributed by atoms with E-state index in [1.54, 1.807) is 28.0 Å². The Labute approximate surface area is 227 Å². The Morgan fingerprint density at radius 2 is 2.03 bits per heavy atom. The molecule has 1 N–H and O–H groups in total. The topological polar surface area (TPSA) is 80.1 Å². The Morgan fingerprint density at radius 3 is 2.81 bits per heavy atom. The van der Waals surface area contributed by atoms with Gasteiger partial charge in [0.1, 0.15) is 5.82 Å². The quantitative estimate of drug-likeness (QED) is 0.365. The molecule has 0 fully saturated rings. The second kappa shape index (κ2) is 10.4. The fourth-order valence-corrected chi connectivity index (χ4v) is 5.82. The molecule has 2 aromatic heterocycles. The highest BCUT2D eigenvalue weighted by molar-refractivity contribution is 9.10. The number of benzene rings is 1. The summed E-state index contributed by atoms with van der Waals surface area (Å²) < 4.78 is 17.1. The van der Waals surface area contributed by atoms with Gasteiger partial charge < -0.3 is 10.2 Å². The Bertz CT molecular complexity index is 1420. The molecule has 0 saturated carbocycles. The predicted molar refractivity (Wildman–Crippen MR) is 144 cm³/mol. The van der Waals surface area contributed by atoms with Gasteiger partial charge in [-0.3, -0.25) is 19.3 Å². The fourth-order valence-electron chi connectivity index (χ4n) is 5.10. The van der Waals surface area contributed by atoms with Crippen molar-refractivity contribution in [3.63, 3.8) is 0 Å². The maximum atomic E-state index is 14.8. The number of rotatable bonds is 2.